The number of para-hydroxylation sites is 1. The molecule has 0 bridgehead atoms. The fourth-order valence-electron chi connectivity index (χ4n) is 4.12. The molecule has 9 nitrogen and oxygen atoms in total. The van der Waals surface area contributed by atoms with Gasteiger partial charge in [0.25, 0.3) is 5.69 Å². The summed E-state index contributed by atoms with van der Waals surface area (Å²) in [6.07, 6.45) is 0.491. The zero-order valence-electron chi connectivity index (χ0n) is 19.8. The Labute approximate surface area is 210 Å². The van der Waals surface area contributed by atoms with E-state index in [9.17, 15) is 23.3 Å². The van der Waals surface area contributed by atoms with Crippen molar-refractivity contribution in [3.8, 4) is 0 Å². The summed E-state index contributed by atoms with van der Waals surface area (Å²) in [6.45, 7) is 3.60. The molecule has 36 heavy (non-hydrogen) atoms. The third-order valence-corrected chi connectivity index (χ3v) is 7.29. The minimum Gasteiger partial charge on any atom is -0.453 e. The van der Waals surface area contributed by atoms with Crippen LogP contribution in [0.1, 0.15) is 22.0 Å². The van der Waals surface area contributed by atoms with Crippen LogP contribution in [0.15, 0.2) is 83.8 Å². The Morgan fingerprint density at radius 3 is 2.11 bits per heavy atom. The molecule has 1 heterocycles. The van der Waals surface area contributed by atoms with Gasteiger partial charge in [-0.25, -0.2) is 13.2 Å². The first-order chi connectivity index (χ1) is 17.2. The highest BCUT2D eigenvalue weighted by atomic mass is 32.2. The van der Waals surface area contributed by atoms with Gasteiger partial charge in [-0.3, -0.25) is 15.0 Å². The van der Waals surface area contributed by atoms with Crippen molar-refractivity contribution in [2.24, 2.45) is 0 Å². The molecule has 1 aliphatic heterocycles. The summed E-state index contributed by atoms with van der Waals surface area (Å²) in [5, 5.41) is 10.9. The van der Waals surface area contributed by atoms with Crippen LogP contribution in [0.3, 0.4) is 0 Å². The Morgan fingerprint density at radius 2 is 1.56 bits per heavy atom. The number of rotatable bonds is 8. The summed E-state index contributed by atoms with van der Waals surface area (Å²) in [6, 6.07) is 21.7. The first kappa shape index (κ1) is 25.3. The van der Waals surface area contributed by atoms with Gasteiger partial charge >= 0.3 is 5.97 Å². The minimum absolute atomic E-state index is 0.115. The van der Waals surface area contributed by atoms with E-state index in [-0.39, 0.29) is 16.1 Å². The van der Waals surface area contributed by atoms with E-state index in [0.717, 1.165) is 38.1 Å². The van der Waals surface area contributed by atoms with Gasteiger partial charge in [0.1, 0.15) is 6.10 Å². The van der Waals surface area contributed by atoms with E-state index in [1.54, 1.807) is 12.1 Å². The van der Waals surface area contributed by atoms with Crippen molar-refractivity contribution in [2.75, 3.05) is 43.9 Å². The smallest absolute Gasteiger partial charge is 0.338 e. The number of hydrogen-bond donors (Lipinski definition) is 0. The molecule has 3 aromatic carbocycles. The lowest BCUT2D eigenvalue weighted by Gasteiger charge is -2.37. The molecule has 4 rings (SSSR count). The number of nitro benzene ring substituents is 1. The van der Waals surface area contributed by atoms with Crippen LogP contribution in [-0.2, 0) is 14.6 Å². The first-order valence-electron chi connectivity index (χ1n) is 11.5. The molecule has 10 heteroatoms. The number of nitro groups is 1. The highest BCUT2D eigenvalue weighted by Gasteiger charge is 2.25. The molecule has 0 spiro atoms. The van der Waals surface area contributed by atoms with Gasteiger partial charge in [0.05, 0.1) is 15.4 Å². The normalized spacial score (nSPS) is 15.3. The van der Waals surface area contributed by atoms with Gasteiger partial charge in [-0.15, -0.1) is 0 Å². The SMILES string of the molecule is CS(=O)(=O)c1ccc([C@H](CN2CCN(c3ccccc3)CC2)OC(=O)c2ccc([N+](=O)[O-])cc2)cc1. The predicted octanol–water partition coefficient (Wildman–Crippen LogP) is 3.72. The number of hydrogen-bond acceptors (Lipinski definition) is 8. The first-order valence-corrected chi connectivity index (χ1v) is 13.4. The lowest BCUT2D eigenvalue weighted by atomic mass is 10.1. The Kier molecular flexibility index (Phi) is 7.66. The topological polar surface area (TPSA) is 110 Å². The maximum atomic E-state index is 12.9. The van der Waals surface area contributed by atoms with E-state index in [0.29, 0.717) is 12.1 Å². The maximum Gasteiger partial charge on any atom is 0.338 e. The number of ether oxygens (including phenoxy) is 1. The van der Waals surface area contributed by atoms with E-state index < -0.39 is 26.8 Å². The average molecular weight is 510 g/mol. The zero-order valence-corrected chi connectivity index (χ0v) is 20.6. The summed E-state index contributed by atoms with van der Waals surface area (Å²) in [4.78, 5) is 28.0. The Hall–Kier alpha value is -3.76. The van der Waals surface area contributed by atoms with E-state index in [2.05, 4.69) is 21.9 Å². The molecule has 0 amide bonds. The number of piperazine rings is 1. The van der Waals surface area contributed by atoms with Gasteiger partial charge < -0.3 is 9.64 Å². The van der Waals surface area contributed by atoms with Crippen molar-refractivity contribution in [3.63, 3.8) is 0 Å². The van der Waals surface area contributed by atoms with Crippen LogP contribution in [0.5, 0.6) is 0 Å². The number of non-ortho nitro benzene ring substituents is 1. The molecule has 3 aromatic rings. The molecule has 0 N–H and O–H groups in total. The van der Waals surface area contributed by atoms with Crippen LogP contribution >= 0.6 is 0 Å². The number of sulfone groups is 1. The lowest BCUT2D eigenvalue weighted by Crippen LogP contribution is -2.47. The number of benzene rings is 3. The lowest BCUT2D eigenvalue weighted by molar-refractivity contribution is -0.384. The molecule has 1 saturated heterocycles. The molecule has 1 atom stereocenters. The number of esters is 1. The fourth-order valence-corrected chi connectivity index (χ4v) is 4.75. The Balaban J connectivity index is 1.50. The van der Waals surface area contributed by atoms with Crippen LogP contribution in [0.4, 0.5) is 11.4 Å². The Morgan fingerprint density at radius 1 is 0.944 bits per heavy atom. The molecule has 0 aliphatic carbocycles. The standard InChI is InChI=1S/C26H27N3O6S/c1-36(33,34)24-13-9-20(10-14-24)25(35-26(30)21-7-11-23(12-8-21)29(31)32)19-27-15-17-28(18-16-27)22-5-3-2-4-6-22/h2-14,25H,15-19H2,1H3/t25-/m0/s1. The van der Waals surface area contributed by atoms with Gasteiger partial charge in [0.2, 0.25) is 0 Å². The quantitative estimate of drug-likeness (QED) is 0.257. The van der Waals surface area contributed by atoms with Gasteiger partial charge in [-0.2, -0.15) is 0 Å². The predicted molar refractivity (Wildman–Crippen MR) is 136 cm³/mol. The summed E-state index contributed by atoms with van der Waals surface area (Å²) >= 11 is 0. The fraction of sp³-hybridized carbons (Fsp3) is 0.269. The molecule has 1 fully saturated rings. The number of carbonyl (C=O) groups is 1. The van der Waals surface area contributed by atoms with E-state index in [1.165, 1.54) is 36.4 Å². The zero-order chi connectivity index (χ0) is 25.7. The maximum absolute atomic E-state index is 12.9. The van der Waals surface area contributed by atoms with E-state index in [4.69, 9.17) is 4.74 Å². The summed E-state index contributed by atoms with van der Waals surface area (Å²) in [5.41, 5.74) is 1.92. The summed E-state index contributed by atoms with van der Waals surface area (Å²) in [7, 11) is -3.36. The number of nitrogens with zero attached hydrogens (tertiary/aromatic N) is 3. The Bertz CT molecular complexity index is 1300. The molecule has 188 valence electrons. The largest absolute Gasteiger partial charge is 0.453 e. The van der Waals surface area contributed by atoms with Crippen molar-refractivity contribution < 1.29 is 22.9 Å². The van der Waals surface area contributed by atoms with Crippen molar-refractivity contribution in [2.45, 2.75) is 11.0 Å². The summed E-state index contributed by atoms with van der Waals surface area (Å²) < 4.78 is 29.6. The van der Waals surface area contributed by atoms with Gasteiger partial charge in [0.15, 0.2) is 9.84 Å². The summed E-state index contributed by atoms with van der Waals surface area (Å²) in [5.74, 6) is -0.606. The van der Waals surface area contributed by atoms with Crippen molar-refractivity contribution in [1.82, 2.24) is 4.90 Å². The molecule has 0 aromatic heterocycles. The second kappa shape index (κ2) is 10.9. The van der Waals surface area contributed by atoms with Crippen molar-refractivity contribution in [3.05, 3.63) is 100 Å². The second-order valence-corrected chi connectivity index (χ2v) is 10.7. The van der Waals surface area contributed by atoms with Crippen LogP contribution in [0.25, 0.3) is 0 Å². The third kappa shape index (κ3) is 6.27. The van der Waals surface area contributed by atoms with Gasteiger partial charge in [-0.05, 0) is 42.0 Å². The number of anilines is 1. The van der Waals surface area contributed by atoms with Gasteiger partial charge in [0, 0.05) is 56.8 Å². The monoisotopic (exact) mass is 509 g/mol. The second-order valence-electron chi connectivity index (χ2n) is 8.66. The van der Waals surface area contributed by atoms with Gasteiger partial charge in [-0.1, -0.05) is 30.3 Å². The molecule has 0 unspecified atom stereocenters. The van der Waals surface area contributed by atoms with Crippen LogP contribution in [-0.4, -0.2) is 63.2 Å². The van der Waals surface area contributed by atoms with Crippen molar-refractivity contribution >= 4 is 27.2 Å². The van der Waals surface area contributed by atoms with E-state index >= 15 is 0 Å². The highest BCUT2D eigenvalue weighted by Crippen LogP contribution is 2.25. The van der Waals surface area contributed by atoms with E-state index in [1.807, 2.05) is 18.2 Å². The molecule has 1 aliphatic rings. The molecular weight excluding hydrogens is 482 g/mol. The molecular formula is C26H27N3O6S. The van der Waals surface area contributed by atoms with Crippen molar-refractivity contribution in [1.29, 1.82) is 0 Å². The number of carbonyl (C=O) groups excluding carboxylic acids is 1. The minimum atomic E-state index is -3.36. The third-order valence-electron chi connectivity index (χ3n) is 6.16. The average Bonchev–Trinajstić information content (AvgIpc) is 2.89. The van der Waals surface area contributed by atoms with Crippen LogP contribution < -0.4 is 4.90 Å². The molecule has 0 radical (unpaired) electrons. The van der Waals surface area contributed by atoms with Crippen LogP contribution in [0.2, 0.25) is 0 Å². The highest BCUT2D eigenvalue weighted by molar-refractivity contribution is 7.90. The molecule has 0 saturated carbocycles. The van der Waals surface area contributed by atoms with Crippen LogP contribution in [0, 0.1) is 10.1 Å².